The van der Waals surface area contributed by atoms with Crippen molar-refractivity contribution < 1.29 is 4.74 Å². The van der Waals surface area contributed by atoms with E-state index < -0.39 is 0 Å². The molecular formula is C21H22N2O. The van der Waals surface area contributed by atoms with Gasteiger partial charge in [-0.05, 0) is 92.3 Å². The molecule has 2 aromatic heterocycles. The fourth-order valence-electron chi connectivity index (χ4n) is 2.98. The molecule has 0 aliphatic rings. The second-order valence-electron chi connectivity index (χ2n) is 6.28. The van der Waals surface area contributed by atoms with Crippen LogP contribution >= 0.6 is 0 Å². The van der Waals surface area contributed by atoms with Gasteiger partial charge in [0.05, 0.1) is 0 Å². The van der Waals surface area contributed by atoms with Crippen molar-refractivity contribution in [2.24, 2.45) is 0 Å². The van der Waals surface area contributed by atoms with Gasteiger partial charge in [-0.2, -0.15) is 0 Å². The third-order valence-electron chi connectivity index (χ3n) is 4.44. The van der Waals surface area contributed by atoms with Gasteiger partial charge in [0.15, 0.2) is 0 Å². The van der Waals surface area contributed by atoms with Gasteiger partial charge in [-0.15, -0.1) is 0 Å². The van der Waals surface area contributed by atoms with Gasteiger partial charge in [0, 0.05) is 24.2 Å². The van der Waals surface area contributed by atoms with Gasteiger partial charge < -0.3 is 4.74 Å². The molecule has 0 fully saturated rings. The van der Waals surface area contributed by atoms with Gasteiger partial charge in [0.25, 0.3) is 0 Å². The van der Waals surface area contributed by atoms with Crippen molar-refractivity contribution in [1.29, 1.82) is 0 Å². The van der Waals surface area contributed by atoms with Crippen LogP contribution in [0.1, 0.15) is 27.8 Å². The van der Waals surface area contributed by atoms with Crippen molar-refractivity contribution >= 4 is 0 Å². The minimum absolute atomic E-state index is 0.668. The molecule has 0 aliphatic heterocycles. The lowest BCUT2D eigenvalue weighted by atomic mass is 9.93. The standard InChI is InChI=1S/C21H22N2O/c1-13-6-9-23-21(17(13)5)24-18-10-14(2)20(15(3)11-18)19-7-8-22-12-16(19)4/h6-12H,1-5H3. The maximum atomic E-state index is 6.05. The minimum Gasteiger partial charge on any atom is -0.439 e. The summed E-state index contributed by atoms with van der Waals surface area (Å²) in [4.78, 5) is 8.55. The maximum Gasteiger partial charge on any atom is 0.222 e. The molecule has 0 bridgehead atoms. The van der Waals surface area contributed by atoms with E-state index in [1.54, 1.807) is 6.20 Å². The van der Waals surface area contributed by atoms with Gasteiger partial charge in [0.1, 0.15) is 5.75 Å². The van der Waals surface area contributed by atoms with Gasteiger partial charge in [-0.3, -0.25) is 4.98 Å². The Balaban J connectivity index is 2.02. The molecule has 1 aromatic carbocycles. The number of hydrogen-bond donors (Lipinski definition) is 0. The molecule has 0 atom stereocenters. The fraction of sp³-hybridized carbons (Fsp3) is 0.238. The number of rotatable bonds is 3. The van der Waals surface area contributed by atoms with E-state index in [4.69, 9.17) is 4.74 Å². The Labute approximate surface area is 143 Å². The quantitative estimate of drug-likeness (QED) is 0.641. The first-order chi connectivity index (χ1) is 11.5. The predicted molar refractivity (Wildman–Crippen MR) is 97.7 cm³/mol. The molecule has 2 heterocycles. The second kappa shape index (κ2) is 6.44. The molecule has 0 aliphatic carbocycles. The minimum atomic E-state index is 0.668. The van der Waals surface area contributed by atoms with E-state index in [1.807, 2.05) is 25.4 Å². The Kier molecular flexibility index (Phi) is 4.34. The number of nitrogens with zero attached hydrogens (tertiary/aromatic N) is 2. The van der Waals surface area contributed by atoms with Crippen molar-refractivity contribution in [2.45, 2.75) is 34.6 Å². The molecule has 24 heavy (non-hydrogen) atoms. The number of aryl methyl sites for hydroxylation is 4. The number of benzene rings is 1. The first-order valence-electron chi connectivity index (χ1n) is 8.09. The molecule has 3 rings (SSSR count). The van der Waals surface area contributed by atoms with E-state index in [-0.39, 0.29) is 0 Å². The van der Waals surface area contributed by atoms with E-state index in [1.165, 1.54) is 33.4 Å². The van der Waals surface area contributed by atoms with Crippen LogP contribution in [0.3, 0.4) is 0 Å². The monoisotopic (exact) mass is 318 g/mol. The maximum absolute atomic E-state index is 6.05. The van der Waals surface area contributed by atoms with Gasteiger partial charge in [-0.1, -0.05) is 0 Å². The van der Waals surface area contributed by atoms with Crippen molar-refractivity contribution in [2.75, 3.05) is 0 Å². The van der Waals surface area contributed by atoms with Gasteiger partial charge >= 0.3 is 0 Å². The van der Waals surface area contributed by atoms with Crippen LogP contribution in [0.4, 0.5) is 0 Å². The molecule has 0 unspecified atom stereocenters. The van der Waals surface area contributed by atoms with E-state index >= 15 is 0 Å². The third kappa shape index (κ3) is 3.02. The van der Waals surface area contributed by atoms with Crippen LogP contribution in [-0.4, -0.2) is 9.97 Å². The Morgan fingerprint density at radius 2 is 1.50 bits per heavy atom. The number of ether oxygens (including phenoxy) is 1. The zero-order valence-corrected chi connectivity index (χ0v) is 14.8. The predicted octanol–water partition coefficient (Wildman–Crippen LogP) is 5.48. The highest BCUT2D eigenvalue weighted by Gasteiger charge is 2.12. The van der Waals surface area contributed by atoms with Crippen molar-refractivity contribution in [3.63, 3.8) is 0 Å². The second-order valence-corrected chi connectivity index (χ2v) is 6.28. The first kappa shape index (κ1) is 16.2. The summed E-state index contributed by atoms with van der Waals surface area (Å²) >= 11 is 0. The molecule has 0 radical (unpaired) electrons. The average Bonchev–Trinajstić information content (AvgIpc) is 2.53. The lowest BCUT2D eigenvalue weighted by molar-refractivity contribution is 0.457. The zero-order chi connectivity index (χ0) is 17.3. The summed E-state index contributed by atoms with van der Waals surface area (Å²) in [6, 6.07) is 8.21. The van der Waals surface area contributed by atoms with Crippen molar-refractivity contribution in [3.05, 3.63) is 70.7 Å². The van der Waals surface area contributed by atoms with Gasteiger partial charge in [-0.25, -0.2) is 4.98 Å². The number of hydrogen-bond acceptors (Lipinski definition) is 3. The van der Waals surface area contributed by atoms with Crippen LogP contribution in [0.5, 0.6) is 11.6 Å². The summed E-state index contributed by atoms with van der Waals surface area (Å²) in [6.45, 7) is 10.4. The first-order valence-corrected chi connectivity index (χ1v) is 8.09. The SMILES string of the molecule is Cc1cnccc1-c1c(C)cc(Oc2nccc(C)c2C)cc1C. The summed E-state index contributed by atoms with van der Waals surface area (Å²) < 4.78 is 6.05. The molecule has 0 N–H and O–H groups in total. The van der Waals surface area contributed by atoms with Crippen LogP contribution < -0.4 is 4.74 Å². The van der Waals surface area contributed by atoms with Crippen LogP contribution in [0.25, 0.3) is 11.1 Å². The van der Waals surface area contributed by atoms with E-state index in [0.717, 1.165) is 11.3 Å². The van der Waals surface area contributed by atoms with Crippen LogP contribution in [-0.2, 0) is 0 Å². The van der Waals surface area contributed by atoms with Crippen LogP contribution in [0.2, 0.25) is 0 Å². The molecule has 3 aromatic rings. The fourth-order valence-corrected chi connectivity index (χ4v) is 2.98. The average molecular weight is 318 g/mol. The molecular weight excluding hydrogens is 296 g/mol. The van der Waals surface area contributed by atoms with E-state index in [0.29, 0.717) is 5.88 Å². The van der Waals surface area contributed by atoms with Gasteiger partial charge in [0.2, 0.25) is 5.88 Å². The lowest BCUT2D eigenvalue weighted by Crippen LogP contribution is -1.96. The molecule has 0 saturated heterocycles. The summed E-state index contributed by atoms with van der Waals surface area (Å²) in [6.07, 6.45) is 5.52. The molecule has 122 valence electrons. The lowest BCUT2D eigenvalue weighted by Gasteiger charge is -2.15. The molecule has 3 nitrogen and oxygen atoms in total. The Hall–Kier alpha value is -2.68. The molecule has 0 saturated carbocycles. The number of pyridine rings is 2. The molecule has 0 amide bonds. The van der Waals surface area contributed by atoms with Crippen LogP contribution in [0, 0.1) is 34.6 Å². The summed E-state index contributed by atoms with van der Waals surface area (Å²) in [5, 5.41) is 0. The summed E-state index contributed by atoms with van der Waals surface area (Å²) in [7, 11) is 0. The van der Waals surface area contributed by atoms with Crippen LogP contribution in [0.15, 0.2) is 42.9 Å². The normalized spacial score (nSPS) is 10.7. The number of aromatic nitrogens is 2. The Bertz CT molecular complexity index is 877. The summed E-state index contributed by atoms with van der Waals surface area (Å²) in [5.74, 6) is 1.49. The molecule has 3 heteroatoms. The van der Waals surface area contributed by atoms with Crippen molar-refractivity contribution in [3.8, 4) is 22.8 Å². The summed E-state index contributed by atoms with van der Waals surface area (Å²) in [5.41, 5.74) is 8.26. The van der Waals surface area contributed by atoms with Crippen molar-refractivity contribution in [1.82, 2.24) is 9.97 Å². The smallest absolute Gasteiger partial charge is 0.222 e. The third-order valence-corrected chi connectivity index (χ3v) is 4.44. The van der Waals surface area contributed by atoms with E-state index in [2.05, 4.69) is 55.9 Å². The molecule has 0 spiro atoms. The van der Waals surface area contributed by atoms with E-state index in [9.17, 15) is 0 Å². The zero-order valence-electron chi connectivity index (χ0n) is 14.8. The highest BCUT2D eigenvalue weighted by Crippen LogP contribution is 2.34. The Morgan fingerprint density at radius 1 is 0.792 bits per heavy atom. The Morgan fingerprint density at radius 3 is 2.17 bits per heavy atom. The highest BCUT2D eigenvalue weighted by atomic mass is 16.5. The highest BCUT2D eigenvalue weighted by molar-refractivity contribution is 5.74. The topological polar surface area (TPSA) is 35.0 Å². The largest absolute Gasteiger partial charge is 0.439 e.